The van der Waals surface area contributed by atoms with Gasteiger partial charge in [0.2, 0.25) is 11.8 Å². The molecule has 3 amide bonds. The van der Waals surface area contributed by atoms with E-state index in [1.165, 1.54) is 6.08 Å². The molecule has 23 heteroatoms. The summed E-state index contributed by atoms with van der Waals surface area (Å²) < 4.78 is 88.1. The smallest absolute Gasteiger partial charge is 0.407 e. The summed E-state index contributed by atoms with van der Waals surface area (Å²) in [7, 11) is 1.64. The molecular formula is C56H85N3O20. The Morgan fingerprint density at radius 2 is 0.911 bits per heavy atom. The van der Waals surface area contributed by atoms with Gasteiger partial charge in [-0.15, -0.1) is 0 Å². The van der Waals surface area contributed by atoms with E-state index in [1.807, 2.05) is 48.5 Å². The molecule has 2 aliphatic heterocycles. The van der Waals surface area contributed by atoms with Crippen LogP contribution in [0.4, 0.5) is 4.79 Å². The zero-order valence-corrected chi connectivity index (χ0v) is 46.0. The molecule has 2 saturated heterocycles. The molecule has 2 aromatic rings. The predicted octanol–water partition coefficient (Wildman–Crippen LogP) is 2.78. The second-order valence-corrected chi connectivity index (χ2v) is 18.3. The molecule has 3 aliphatic rings. The number of hydrogen-bond acceptors (Lipinski definition) is 20. The Balaban J connectivity index is 0.771. The first-order chi connectivity index (χ1) is 38.9. The average molecular weight is 1120 g/mol. The van der Waals surface area contributed by atoms with Gasteiger partial charge in [0.1, 0.15) is 31.5 Å². The van der Waals surface area contributed by atoms with Gasteiger partial charge in [-0.3, -0.25) is 9.59 Å². The Bertz CT molecular complexity index is 1960. The number of amides is 3. The van der Waals surface area contributed by atoms with Crippen molar-refractivity contribution in [3.8, 4) is 11.1 Å². The maximum Gasteiger partial charge on any atom is 0.407 e. The third-order valence-electron chi connectivity index (χ3n) is 12.5. The monoisotopic (exact) mass is 1120 g/mol. The molecule has 23 nitrogen and oxygen atoms in total. The highest BCUT2D eigenvalue weighted by Crippen LogP contribution is 2.44. The highest BCUT2D eigenvalue weighted by molar-refractivity contribution is 5.82. The number of nitrogens with one attached hydrogen (secondary N) is 3. The molecule has 0 saturated carbocycles. The first-order valence-corrected chi connectivity index (χ1v) is 27.4. The molecule has 0 spiro atoms. The third kappa shape index (κ3) is 26.2. The van der Waals surface area contributed by atoms with Crippen LogP contribution < -0.4 is 16.0 Å². The number of carbonyl (C=O) groups is 4. The number of alkyl carbamates (subject to hydrolysis) is 1. The molecular weight excluding hydrogens is 1030 g/mol. The number of esters is 1. The van der Waals surface area contributed by atoms with Gasteiger partial charge in [0.25, 0.3) is 0 Å². The van der Waals surface area contributed by atoms with Crippen molar-refractivity contribution >= 4 is 23.9 Å². The van der Waals surface area contributed by atoms with Gasteiger partial charge in [0.15, 0.2) is 0 Å². The highest BCUT2D eigenvalue weighted by Gasteiger charge is 2.48. The van der Waals surface area contributed by atoms with E-state index in [0.29, 0.717) is 145 Å². The molecule has 1 aliphatic carbocycles. The van der Waals surface area contributed by atoms with E-state index in [0.717, 1.165) is 22.3 Å². The number of ether oxygens (including phenoxy) is 16. The Morgan fingerprint density at radius 1 is 0.532 bits per heavy atom. The minimum Gasteiger partial charge on any atom is -0.460 e. The largest absolute Gasteiger partial charge is 0.460 e. The minimum absolute atomic E-state index is 0.0339. The van der Waals surface area contributed by atoms with E-state index in [9.17, 15) is 19.2 Å². The van der Waals surface area contributed by atoms with Crippen LogP contribution in [0, 0.1) is 0 Å². The summed E-state index contributed by atoms with van der Waals surface area (Å²) in [6, 6.07) is 14.2. The van der Waals surface area contributed by atoms with Crippen molar-refractivity contribution < 1.29 is 95.0 Å². The Kier molecular flexibility index (Phi) is 34.1. The van der Waals surface area contributed by atoms with Crippen molar-refractivity contribution in [2.45, 2.75) is 61.9 Å². The van der Waals surface area contributed by atoms with Crippen LogP contribution in [0.2, 0.25) is 0 Å². The highest BCUT2D eigenvalue weighted by atomic mass is 16.6. The van der Waals surface area contributed by atoms with Crippen LogP contribution in [0.1, 0.15) is 42.7 Å². The number of rotatable bonds is 48. The fourth-order valence-electron chi connectivity index (χ4n) is 8.65. The van der Waals surface area contributed by atoms with E-state index in [4.69, 9.17) is 75.8 Å². The summed E-state index contributed by atoms with van der Waals surface area (Å²) in [6.07, 6.45) is 0.410. The quantitative estimate of drug-likeness (QED) is 0.0489. The molecule has 0 bridgehead atoms. The number of fused-ring (bicyclic) bond motifs is 4. The lowest BCUT2D eigenvalue weighted by atomic mass is 9.98. The van der Waals surface area contributed by atoms with Gasteiger partial charge in [-0.05, 0) is 35.1 Å². The second-order valence-electron chi connectivity index (χ2n) is 18.3. The average Bonchev–Trinajstić information content (AvgIpc) is 4.34. The lowest BCUT2D eigenvalue weighted by Gasteiger charge is -2.20. The Hall–Kier alpha value is -4.70. The van der Waals surface area contributed by atoms with Crippen LogP contribution >= 0.6 is 0 Å². The summed E-state index contributed by atoms with van der Waals surface area (Å²) in [4.78, 5) is 51.8. The second kappa shape index (κ2) is 41.3. The van der Waals surface area contributed by atoms with Gasteiger partial charge in [-0.2, -0.15) is 0 Å². The fraction of sp³-hybridized carbons (Fsp3) is 0.679. The first-order valence-electron chi connectivity index (χ1n) is 27.4. The van der Waals surface area contributed by atoms with Crippen LogP contribution in [-0.2, 0) is 90.2 Å². The molecule has 0 radical (unpaired) electrons. The van der Waals surface area contributed by atoms with Crippen LogP contribution in [0.5, 0.6) is 0 Å². The van der Waals surface area contributed by atoms with E-state index in [1.54, 1.807) is 7.11 Å². The molecule has 444 valence electrons. The van der Waals surface area contributed by atoms with Gasteiger partial charge < -0.3 is 91.7 Å². The molecule has 5 rings (SSSR count). The van der Waals surface area contributed by atoms with Crippen LogP contribution in [0.15, 0.2) is 61.2 Å². The van der Waals surface area contributed by atoms with Crippen molar-refractivity contribution in [2.75, 3.05) is 185 Å². The topological polar surface area (TPSA) is 252 Å². The lowest BCUT2D eigenvalue weighted by Crippen LogP contribution is -2.47. The maximum absolute atomic E-state index is 13.1. The van der Waals surface area contributed by atoms with Gasteiger partial charge in [0, 0.05) is 25.9 Å². The molecule has 3 N–H and O–H groups in total. The standard InChI is InChI=1S/C56H85N3O20/c1-3-16-76-55(62)48(59-56(63)79-40-47-45-11-6-4-9-43(45)44-10-5-7-12-46(44)47)13-8-14-51(60)57-49-41-77-54-50(42-78-53(49)54)58-52(61)15-17-65-20-21-67-24-25-69-28-29-71-32-33-73-36-37-75-39-38-74-35-34-72-31-30-70-27-26-68-23-22-66-19-18-64-2/h3-7,9-12,47-50,53-54H,1,8,13-42H2,2H3,(H,57,60)(H,58,61)(H,59,63)/t48-,49-,50-,53+,54+/m0/s1. The number of benzene rings is 2. The van der Waals surface area contributed by atoms with Gasteiger partial charge in [-0.1, -0.05) is 61.2 Å². The van der Waals surface area contributed by atoms with Crippen molar-refractivity contribution in [1.29, 1.82) is 0 Å². The van der Waals surface area contributed by atoms with Crippen LogP contribution in [0.3, 0.4) is 0 Å². The summed E-state index contributed by atoms with van der Waals surface area (Å²) in [6.45, 7) is 14.6. The summed E-state index contributed by atoms with van der Waals surface area (Å²) in [5, 5.41) is 8.57. The van der Waals surface area contributed by atoms with E-state index in [-0.39, 0.29) is 82.5 Å². The van der Waals surface area contributed by atoms with Crippen molar-refractivity contribution in [3.63, 3.8) is 0 Å². The van der Waals surface area contributed by atoms with Crippen molar-refractivity contribution in [1.82, 2.24) is 16.0 Å². The molecule has 0 aromatic heterocycles. The van der Waals surface area contributed by atoms with Crippen molar-refractivity contribution in [3.05, 3.63) is 72.3 Å². The zero-order chi connectivity index (χ0) is 55.8. The number of carbonyl (C=O) groups excluding carboxylic acids is 4. The molecule has 2 aromatic carbocycles. The Labute approximate surface area is 464 Å². The summed E-state index contributed by atoms with van der Waals surface area (Å²) >= 11 is 0. The molecule has 2 heterocycles. The van der Waals surface area contributed by atoms with Gasteiger partial charge in [0.05, 0.1) is 177 Å². The SMILES string of the molecule is C=CCOC(=O)[C@H](CCCC(=O)N[C@H]1CO[C@H]2[C@@H]1OC[C@@H]2NC(=O)CCOCCOCCOCCOCCOCCOCCOCCOCCOCCOCCOCCOC)NC(=O)OCC1c2ccccc2-c2ccccc21. The number of hydrogen-bond donors (Lipinski definition) is 3. The summed E-state index contributed by atoms with van der Waals surface area (Å²) in [5.74, 6) is -1.29. The third-order valence-corrected chi connectivity index (χ3v) is 12.5. The molecule has 5 atom stereocenters. The van der Waals surface area contributed by atoms with Crippen molar-refractivity contribution in [2.24, 2.45) is 0 Å². The molecule has 79 heavy (non-hydrogen) atoms. The van der Waals surface area contributed by atoms with Gasteiger partial charge in [-0.25, -0.2) is 9.59 Å². The van der Waals surface area contributed by atoms with E-state index < -0.39 is 36.4 Å². The van der Waals surface area contributed by atoms with Crippen LogP contribution in [-0.4, -0.2) is 240 Å². The van der Waals surface area contributed by atoms with E-state index in [2.05, 4.69) is 22.5 Å². The van der Waals surface area contributed by atoms with Gasteiger partial charge >= 0.3 is 12.1 Å². The van der Waals surface area contributed by atoms with Crippen LogP contribution in [0.25, 0.3) is 11.1 Å². The number of methoxy groups -OCH3 is 1. The molecule has 0 unspecified atom stereocenters. The lowest BCUT2D eigenvalue weighted by molar-refractivity contribution is -0.145. The normalized spacial score (nSPS) is 17.7. The predicted molar refractivity (Wildman–Crippen MR) is 286 cm³/mol. The minimum atomic E-state index is -1.04. The molecule has 2 fully saturated rings. The fourth-order valence-corrected chi connectivity index (χ4v) is 8.65. The summed E-state index contributed by atoms with van der Waals surface area (Å²) in [5.41, 5.74) is 4.33. The maximum atomic E-state index is 13.1. The Morgan fingerprint density at radius 3 is 1.32 bits per heavy atom. The van der Waals surface area contributed by atoms with E-state index >= 15 is 0 Å². The first kappa shape index (κ1) is 65.1. The zero-order valence-electron chi connectivity index (χ0n) is 46.0.